The van der Waals surface area contributed by atoms with E-state index < -0.39 is 11.7 Å². The van der Waals surface area contributed by atoms with Crippen molar-refractivity contribution < 1.29 is 9.53 Å². The van der Waals surface area contributed by atoms with Gasteiger partial charge in [-0.2, -0.15) is 0 Å². The fourth-order valence-electron chi connectivity index (χ4n) is 1.02. The van der Waals surface area contributed by atoms with Gasteiger partial charge < -0.3 is 10.1 Å². The molecule has 16 heavy (non-hydrogen) atoms. The molecular formula is C11H17N3O2. The molecule has 1 amide bonds. The summed E-state index contributed by atoms with van der Waals surface area (Å²) >= 11 is 0. The highest BCUT2D eigenvalue weighted by molar-refractivity contribution is 5.83. The van der Waals surface area contributed by atoms with Gasteiger partial charge >= 0.3 is 6.09 Å². The summed E-state index contributed by atoms with van der Waals surface area (Å²) in [6.45, 7) is 5.43. The van der Waals surface area contributed by atoms with E-state index in [1.165, 1.54) is 0 Å². The lowest BCUT2D eigenvalue weighted by atomic mass is 10.2. The SMILES string of the molecule is CNc1ccc(NC(=O)OC(C)(C)C)nc1. The van der Waals surface area contributed by atoms with Crippen molar-refractivity contribution in [3.63, 3.8) is 0 Å². The van der Waals surface area contributed by atoms with Gasteiger partial charge in [0.25, 0.3) is 0 Å². The second kappa shape index (κ2) is 4.83. The quantitative estimate of drug-likeness (QED) is 0.808. The highest BCUT2D eigenvalue weighted by atomic mass is 16.6. The Morgan fingerprint density at radius 3 is 2.50 bits per heavy atom. The predicted octanol–water partition coefficient (Wildman–Crippen LogP) is 2.47. The number of pyridine rings is 1. The van der Waals surface area contributed by atoms with Crippen molar-refractivity contribution in [3.8, 4) is 0 Å². The molecular weight excluding hydrogens is 206 g/mol. The number of aromatic nitrogens is 1. The normalized spacial score (nSPS) is 10.8. The number of carbonyl (C=O) groups is 1. The van der Waals surface area contributed by atoms with E-state index in [0.29, 0.717) is 5.82 Å². The molecule has 0 unspecified atom stereocenters. The lowest BCUT2D eigenvalue weighted by molar-refractivity contribution is 0.0635. The van der Waals surface area contributed by atoms with Crippen LogP contribution in [0.25, 0.3) is 0 Å². The molecule has 5 heteroatoms. The Bertz CT molecular complexity index is 354. The number of nitrogens with zero attached hydrogens (tertiary/aromatic N) is 1. The van der Waals surface area contributed by atoms with Crippen molar-refractivity contribution in [1.29, 1.82) is 0 Å². The van der Waals surface area contributed by atoms with Crippen LogP contribution in [0.1, 0.15) is 20.8 Å². The summed E-state index contributed by atoms with van der Waals surface area (Å²) in [7, 11) is 1.80. The first-order valence-corrected chi connectivity index (χ1v) is 5.04. The number of rotatable bonds is 2. The Labute approximate surface area is 95.2 Å². The van der Waals surface area contributed by atoms with E-state index in [1.54, 1.807) is 19.3 Å². The molecule has 2 N–H and O–H groups in total. The van der Waals surface area contributed by atoms with Gasteiger partial charge in [-0.3, -0.25) is 5.32 Å². The lowest BCUT2D eigenvalue weighted by Gasteiger charge is -2.19. The molecule has 0 aliphatic rings. The summed E-state index contributed by atoms with van der Waals surface area (Å²) in [6, 6.07) is 3.52. The fraction of sp³-hybridized carbons (Fsp3) is 0.455. The third-order valence-corrected chi connectivity index (χ3v) is 1.68. The zero-order valence-electron chi connectivity index (χ0n) is 10.00. The van der Waals surface area contributed by atoms with Crippen LogP contribution in [0.4, 0.5) is 16.3 Å². The van der Waals surface area contributed by atoms with E-state index in [9.17, 15) is 4.79 Å². The molecule has 0 spiro atoms. The molecule has 0 aliphatic heterocycles. The predicted molar refractivity (Wildman–Crippen MR) is 63.6 cm³/mol. The average Bonchev–Trinajstić information content (AvgIpc) is 2.16. The van der Waals surface area contributed by atoms with Gasteiger partial charge in [0, 0.05) is 7.05 Å². The van der Waals surface area contributed by atoms with Crippen molar-refractivity contribution in [2.24, 2.45) is 0 Å². The molecule has 0 aliphatic carbocycles. The Morgan fingerprint density at radius 1 is 1.38 bits per heavy atom. The number of ether oxygens (including phenoxy) is 1. The van der Waals surface area contributed by atoms with Crippen molar-refractivity contribution in [2.75, 3.05) is 17.7 Å². The maximum atomic E-state index is 11.4. The van der Waals surface area contributed by atoms with Crippen LogP contribution in [-0.2, 0) is 4.74 Å². The van der Waals surface area contributed by atoms with Crippen LogP contribution >= 0.6 is 0 Å². The van der Waals surface area contributed by atoms with Crippen LogP contribution in [0.2, 0.25) is 0 Å². The summed E-state index contributed by atoms with van der Waals surface area (Å²) in [5.74, 6) is 0.466. The second-order valence-corrected chi connectivity index (χ2v) is 4.31. The monoisotopic (exact) mass is 223 g/mol. The second-order valence-electron chi connectivity index (χ2n) is 4.31. The van der Waals surface area contributed by atoms with E-state index >= 15 is 0 Å². The number of anilines is 2. The first-order valence-electron chi connectivity index (χ1n) is 5.04. The van der Waals surface area contributed by atoms with Crippen LogP contribution in [0, 0.1) is 0 Å². The Hall–Kier alpha value is -1.78. The van der Waals surface area contributed by atoms with E-state index in [4.69, 9.17) is 4.74 Å². The number of hydrogen-bond donors (Lipinski definition) is 2. The minimum absolute atomic E-state index is 0.466. The summed E-state index contributed by atoms with van der Waals surface area (Å²) < 4.78 is 5.09. The molecule has 1 rings (SSSR count). The molecule has 1 aromatic heterocycles. The molecule has 1 heterocycles. The molecule has 5 nitrogen and oxygen atoms in total. The number of hydrogen-bond acceptors (Lipinski definition) is 4. The van der Waals surface area contributed by atoms with Crippen molar-refractivity contribution in [3.05, 3.63) is 18.3 Å². The molecule has 0 bridgehead atoms. The van der Waals surface area contributed by atoms with Crippen molar-refractivity contribution in [2.45, 2.75) is 26.4 Å². The van der Waals surface area contributed by atoms with E-state index in [1.807, 2.05) is 26.8 Å². The zero-order valence-corrected chi connectivity index (χ0v) is 10.00. The standard InChI is InChI=1S/C11H17N3O2/c1-11(2,3)16-10(15)14-9-6-5-8(12-4)7-13-9/h5-7,12H,1-4H3,(H,13,14,15). The van der Waals surface area contributed by atoms with Crippen LogP contribution < -0.4 is 10.6 Å². The molecule has 0 atom stereocenters. The molecule has 0 fully saturated rings. The fourth-order valence-corrected chi connectivity index (χ4v) is 1.02. The molecule has 1 aromatic rings. The average molecular weight is 223 g/mol. The number of carbonyl (C=O) groups excluding carboxylic acids is 1. The van der Waals surface area contributed by atoms with E-state index in [2.05, 4.69) is 15.6 Å². The van der Waals surface area contributed by atoms with E-state index in [0.717, 1.165) is 5.69 Å². The Kier molecular flexibility index (Phi) is 3.71. The third kappa shape index (κ3) is 4.16. The lowest BCUT2D eigenvalue weighted by Crippen LogP contribution is -2.27. The van der Waals surface area contributed by atoms with Crippen molar-refractivity contribution in [1.82, 2.24) is 4.98 Å². The summed E-state index contributed by atoms with van der Waals surface area (Å²) in [4.78, 5) is 15.4. The maximum absolute atomic E-state index is 11.4. The van der Waals surface area contributed by atoms with Crippen LogP contribution in [-0.4, -0.2) is 23.7 Å². The first kappa shape index (κ1) is 12.3. The maximum Gasteiger partial charge on any atom is 0.413 e. The van der Waals surface area contributed by atoms with Crippen molar-refractivity contribution >= 4 is 17.6 Å². The van der Waals surface area contributed by atoms with Gasteiger partial charge in [-0.05, 0) is 32.9 Å². The summed E-state index contributed by atoms with van der Waals surface area (Å²) in [5, 5.41) is 5.49. The minimum atomic E-state index is -0.505. The molecule has 0 radical (unpaired) electrons. The van der Waals surface area contributed by atoms with Gasteiger partial charge in [0.05, 0.1) is 11.9 Å². The van der Waals surface area contributed by atoms with Gasteiger partial charge in [0.2, 0.25) is 0 Å². The topological polar surface area (TPSA) is 63.2 Å². The number of amides is 1. The zero-order chi connectivity index (χ0) is 12.2. The minimum Gasteiger partial charge on any atom is -0.444 e. The van der Waals surface area contributed by atoms with Gasteiger partial charge in [-0.25, -0.2) is 9.78 Å². The molecule has 0 saturated carbocycles. The third-order valence-electron chi connectivity index (χ3n) is 1.68. The first-order chi connectivity index (χ1) is 7.40. The number of nitrogens with one attached hydrogen (secondary N) is 2. The van der Waals surface area contributed by atoms with Gasteiger partial charge in [-0.15, -0.1) is 0 Å². The Morgan fingerprint density at radius 2 is 2.06 bits per heavy atom. The largest absolute Gasteiger partial charge is 0.444 e. The van der Waals surface area contributed by atoms with Gasteiger partial charge in [-0.1, -0.05) is 0 Å². The summed E-state index contributed by atoms with van der Waals surface area (Å²) in [6.07, 6.45) is 1.13. The molecule has 88 valence electrons. The smallest absolute Gasteiger partial charge is 0.413 e. The van der Waals surface area contributed by atoms with Crippen LogP contribution in [0.5, 0.6) is 0 Å². The van der Waals surface area contributed by atoms with E-state index in [-0.39, 0.29) is 0 Å². The summed E-state index contributed by atoms with van der Waals surface area (Å²) in [5.41, 5.74) is 0.379. The molecule has 0 saturated heterocycles. The molecule has 0 aromatic carbocycles. The highest BCUT2D eigenvalue weighted by Crippen LogP contribution is 2.11. The van der Waals surface area contributed by atoms with Crippen LogP contribution in [0.15, 0.2) is 18.3 Å². The Balaban J connectivity index is 2.56. The van der Waals surface area contributed by atoms with Crippen LogP contribution in [0.3, 0.4) is 0 Å². The highest BCUT2D eigenvalue weighted by Gasteiger charge is 2.16. The van der Waals surface area contributed by atoms with Gasteiger partial charge in [0.1, 0.15) is 11.4 Å². The van der Waals surface area contributed by atoms with Gasteiger partial charge in [0.15, 0.2) is 0 Å².